The van der Waals surface area contributed by atoms with E-state index in [4.69, 9.17) is 32.7 Å². The van der Waals surface area contributed by atoms with Crippen molar-refractivity contribution in [2.24, 2.45) is 5.92 Å². The molecule has 8 heteroatoms. The Kier molecular flexibility index (Phi) is 8.50. The highest BCUT2D eigenvalue weighted by atomic mass is 35.5. The van der Waals surface area contributed by atoms with Crippen molar-refractivity contribution < 1.29 is 18.7 Å². The zero-order chi connectivity index (χ0) is 23.9. The van der Waals surface area contributed by atoms with Gasteiger partial charge in [-0.1, -0.05) is 23.2 Å². The monoisotopic (exact) mass is 527 g/mol. The lowest BCUT2D eigenvalue weighted by molar-refractivity contribution is 0.00643. The van der Waals surface area contributed by atoms with Gasteiger partial charge in [0.1, 0.15) is 17.2 Å². The number of nitrogens with zero attached hydrogens (tertiary/aromatic N) is 1. The lowest BCUT2D eigenvalue weighted by Crippen LogP contribution is -2.50. The second-order valence-electron chi connectivity index (χ2n) is 10.2. The molecule has 0 unspecified atom stereocenters. The zero-order valence-corrected chi connectivity index (χ0v) is 22.5. The summed E-state index contributed by atoms with van der Waals surface area (Å²) in [5, 5.41) is 1.27. The number of carbonyl (C=O) groups excluding carboxylic acids is 1. The minimum Gasteiger partial charge on any atom is -0.493 e. The summed E-state index contributed by atoms with van der Waals surface area (Å²) in [5.41, 5.74) is 1.28. The highest BCUT2D eigenvalue weighted by molar-refractivity contribution is 7.59. The number of benzene rings is 2. The van der Waals surface area contributed by atoms with E-state index < -0.39 is 17.4 Å². The molecule has 1 heterocycles. The molecule has 2 aromatic rings. The summed E-state index contributed by atoms with van der Waals surface area (Å²) in [4.78, 5) is 14.8. The summed E-state index contributed by atoms with van der Waals surface area (Å²) >= 11 is 12.3. The van der Waals surface area contributed by atoms with Crippen LogP contribution in [-0.2, 0) is 4.74 Å². The number of hydrogen-bond acceptors (Lipinski definition) is 4. The van der Waals surface area contributed by atoms with Crippen molar-refractivity contribution in [1.29, 1.82) is 0 Å². The van der Waals surface area contributed by atoms with Crippen LogP contribution < -0.4 is 4.74 Å². The van der Waals surface area contributed by atoms with Gasteiger partial charge in [-0.05, 0) is 81.8 Å². The van der Waals surface area contributed by atoms with Gasteiger partial charge in [-0.2, -0.15) is 13.5 Å². The first-order valence-corrected chi connectivity index (χ1v) is 12.2. The Labute approximate surface area is 218 Å². The fourth-order valence-corrected chi connectivity index (χ4v) is 4.71. The summed E-state index contributed by atoms with van der Waals surface area (Å²) in [6.45, 7) is 9.70. The van der Waals surface area contributed by atoms with Gasteiger partial charge in [0.15, 0.2) is 0 Å². The maximum atomic E-state index is 14.8. The van der Waals surface area contributed by atoms with Gasteiger partial charge in [0.2, 0.25) is 0 Å². The van der Waals surface area contributed by atoms with Crippen molar-refractivity contribution in [3.8, 4) is 5.75 Å². The van der Waals surface area contributed by atoms with E-state index in [1.165, 1.54) is 6.07 Å². The first kappa shape index (κ1) is 27.1. The maximum Gasteiger partial charge on any atom is 0.341 e. The number of ether oxygens (including phenoxy) is 2. The first-order chi connectivity index (χ1) is 15.5. The minimum absolute atomic E-state index is 0. The molecule has 0 amide bonds. The molecule has 2 aromatic carbocycles. The number of rotatable bonds is 7. The number of hydrogen-bond donors (Lipinski definition) is 0. The van der Waals surface area contributed by atoms with Gasteiger partial charge in [0.05, 0.1) is 12.2 Å². The van der Waals surface area contributed by atoms with Gasteiger partial charge in [0, 0.05) is 41.2 Å². The average molecular weight is 529 g/mol. The van der Waals surface area contributed by atoms with Crippen molar-refractivity contribution in [3.05, 3.63) is 62.9 Å². The first-order valence-electron chi connectivity index (χ1n) is 11.4. The Morgan fingerprint density at radius 3 is 2.29 bits per heavy atom. The molecule has 0 bridgehead atoms. The van der Waals surface area contributed by atoms with E-state index in [2.05, 4.69) is 11.8 Å². The van der Waals surface area contributed by atoms with Crippen LogP contribution in [0.4, 0.5) is 4.39 Å². The van der Waals surface area contributed by atoms with Crippen LogP contribution in [0.1, 0.15) is 74.0 Å². The molecular weight excluding hydrogens is 496 g/mol. The molecule has 0 radical (unpaired) electrons. The summed E-state index contributed by atoms with van der Waals surface area (Å²) < 4.78 is 26.2. The maximum absolute atomic E-state index is 14.8. The van der Waals surface area contributed by atoms with Crippen LogP contribution in [0.25, 0.3) is 0 Å². The van der Waals surface area contributed by atoms with Crippen molar-refractivity contribution in [2.75, 3.05) is 19.7 Å². The quantitative estimate of drug-likeness (QED) is 0.358. The van der Waals surface area contributed by atoms with Crippen molar-refractivity contribution >= 4 is 42.7 Å². The van der Waals surface area contributed by atoms with E-state index in [1.807, 2.05) is 12.1 Å². The standard InChI is InChI=1S/C26H30Cl2FNO3.H2S/c1-15(18-7-19(27)9-20(28)8-18)30-12-16(13-30)14-32-24-11-23(29)22(10-21(24)17-5-6-17)25(31)33-26(2,3)4;/h7-11,15-17H,5-6,12-14H2,1-4H3;1H2/t15-;/m0./s1. The molecule has 1 saturated carbocycles. The molecule has 1 aliphatic heterocycles. The molecule has 0 spiro atoms. The van der Waals surface area contributed by atoms with Crippen LogP contribution in [0.3, 0.4) is 0 Å². The highest BCUT2D eigenvalue weighted by Gasteiger charge is 2.34. The third-order valence-corrected chi connectivity index (χ3v) is 6.55. The molecule has 1 atom stereocenters. The topological polar surface area (TPSA) is 38.8 Å². The average Bonchev–Trinajstić information content (AvgIpc) is 3.49. The van der Waals surface area contributed by atoms with Crippen LogP contribution >= 0.6 is 36.7 Å². The lowest BCUT2D eigenvalue weighted by Gasteiger charge is -2.43. The van der Waals surface area contributed by atoms with E-state index in [-0.39, 0.29) is 25.1 Å². The summed E-state index contributed by atoms with van der Waals surface area (Å²) in [5.74, 6) is -0.0472. The van der Waals surface area contributed by atoms with Gasteiger partial charge in [-0.3, -0.25) is 4.90 Å². The van der Waals surface area contributed by atoms with Crippen LogP contribution in [0.5, 0.6) is 5.75 Å². The van der Waals surface area contributed by atoms with E-state index in [0.717, 1.165) is 37.1 Å². The molecule has 2 aliphatic rings. The Morgan fingerprint density at radius 1 is 1.12 bits per heavy atom. The Morgan fingerprint density at radius 2 is 1.74 bits per heavy atom. The molecule has 4 rings (SSSR count). The SMILES string of the molecule is C[C@@H](c1cc(Cl)cc(Cl)c1)N1CC(COc2cc(F)c(C(=O)OC(C)(C)C)cc2C2CC2)C1.S. The molecule has 1 saturated heterocycles. The van der Waals surface area contributed by atoms with Crippen LogP contribution in [0.15, 0.2) is 30.3 Å². The van der Waals surface area contributed by atoms with Crippen molar-refractivity contribution in [3.63, 3.8) is 0 Å². The van der Waals surface area contributed by atoms with Crippen LogP contribution in [0, 0.1) is 11.7 Å². The van der Waals surface area contributed by atoms with Crippen LogP contribution in [-0.4, -0.2) is 36.2 Å². The van der Waals surface area contributed by atoms with Gasteiger partial charge in [-0.15, -0.1) is 0 Å². The zero-order valence-electron chi connectivity index (χ0n) is 20.0. The predicted octanol–water partition coefficient (Wildman–Crippen LogP) is 7.15. The Hall–Kier alpha value is -1.47. The normalized spacial score (nSPS) is 17.5. The molecule has 186 valence electrons. The second kappa shape index (κ2) is 10.7. The summed E-state index contributed by atoms with van der Waals surface area (Å²) in [6, 6.07) is 8.79. The van der Waals surface area contributed by atoms with E-state index >= 15 is 0 Å². The van der Waals surface area contributed by atoms with Crippen molar-refractivity contribution in [2.45, 2.75) is 58.1 Å². The molecular formula is C26H32Cl2FNO3S. The van der Waals surface area contributed by atoms with Crippen molar-refractivity contribution in [1.82, 2.24) is 4.90 Å². The number of carbonyl (C=O) groups is 1. The molecule has 34 heavy (non-hydrogen) atoms. The lowest BCUT2D eigenvalue weighted by atomic mass is 9.95. The Bertz CT molecular complexity index is 1030. The largest absolute Gasteiger partial charge is 0.493 e. The third kappa shape index (κ3) is 6.60. The highest BCUT2D eigenvalue weighted by Crippen LogP contribution is 2.45. The molecule has 2 fully saturated rings. The predicted molar refractivity (Wildman–Crippen MR) is 139 cm³/mol. The molecule has 0 aromatic heterocycles. The van der Waals surface area contributed by atoms with Gasteiger partial charge < -0.3 is 9.47 Å². The summed E-state index contributed by atoms with van der Waals surface area (Å²) in [6.07, 6.45) is 2.04. The van der Waals surface area contributed by atoms with E-state index in [0.29, 0.717) is 34.2 Å². The van der Waals surface area contributed by atoms with E-state index in [9.17, 15) is 9.18 Å². The Balaban J connectivity index is 0.00000324. The summed E-state index contributed by atoms with van der Waals surface area (Å²) in [7, 11) is 0. The molecule has 4 nitrogen and oxygen atoms in total. The van der Waals surface area contributed by atoms with E-state index in [1.54, 1.807) is 32.9 Å². The number of esters is 1. The van der Waals surface area contributed by atoms with Gasteiger partial charge in [0.25, 0.3) is 0 Å². The fourth-order valence-electron chi connectivity index (χ4n) is 4.17. The smallest absolute Gasteiger partial charge is 0.341 e. The minimum atomic E-state index is -0.678. The second-order valence-corrected chi connectivity index (χ2v) is 11.0. The van der Waals surface area contributed by atoms with Gasteiger partial charge >= 0.3 is 5.97 Å². The fraction of sp³-hybridized carbons (Fsp3) is 0.500. The van der Waals surface area contributed by atoms with Crippen LogP contribution in [0.2, 0.25) is 10.0 Å². The van der Waals surface area contributed by atoms with Gasteiger partial charge in [-0.25, -0.2) is 9.18 Å². The molecule has 0 N–H and O–H groups in total. The third-order valence-electron chi connectivity index (χ3n) is 6.11. The number of halogens is 3. The number of likely N-dealkylation sites (tertiary alicyclic amines) is 1. The molecule has 1 aliphatic carbocycles.